The number of carbonyl (C=O) groups excluding carboxylic acids is 2. The average molecular weight is 336 g/mol. The zero-order valence-electron chi connectivity index (χ0n) is 13.5. The van der Waals surface area contributed by atoms with Crippen molar-refractivity contribution in [2.45, 2.75) is 26.2 Å². The molecule has 0 bridgehead atoms. The highest BCUT2D eigenvalue weighted by atomic mass is 32.1. The summed E-state index contributed by atoms with van der Waals surface area (Å²) in [4.78, 5) is 27.5. The highest BCUT2D eigenvalue weighted by molar-refractivity contribution is 7.17. The summed E-state index contributed by atoms with van der Waals surface area (Å²) >= 11 is 1.52. The molecule has 1 aromatic rings. The Kier molecular flexibility index (Phi) is 4.99. The van der Waals surface area contributed by atoms with E-state index in [1.165, 1.54) is 16.2 Å². The van der Waals surface area contributed by atoms with E-state index in [0.717, 1.165) is 51.0 Å². The Bertz CT molecular complexity index is 607. The smallest absolute Gasteiger partial charge is 0.251 e. The van der Waals surface area contributed by atoms with Gasteiger partial charge in [-0.1, -0.05) is 6.92 Å². The lowest BCUT2D eigenvalue weighted by molar-refractivity contribution is -0.117. The van der Waals surface area contributed by atoms with Crippen LogP contribution in [0.3, 0.4) is 0 Å². The van der Waals surface area contributed by atoms with Gasteiger partial charge >= 0.3 is 0 Å². The fourth-order valence-corrected chi connectivity index (χ4v) is 4.77. The summed E-state index contributed by atoms with van der Waals surface area (Å²) in [6.45, 7) is 6.13. The van der Waals surface area contributed by atoms with Crippen molar-refractivity contribution in [2.24, 2.45) is 11.7 Å². The molecule has 4 N–H and O–H groups in total. The van der Waals surface area contributed by atoms with Crippen LogP contribution in [-0.2, 0) is 17.6 Å². The number of rotatable bonds is 4. The normalized spacial score (nSPS) is 21.7. The van der Waals surface area contributed by atoms with Gasteiger partial charge in [-0.2, -0.15) is 0 Å². The van der Waals surface area contributed by atoms with Crippen molar-refractivity contribution in [2.75, 3.05) is 38.0 Å². The number of hydrogen-bond acceptors (Lipinski definition) is 5. The van der Waals surface area contributed by atoms with E-state index in [-0.39, 0.29) is 5.91 Å². The fourth-order valence-electron chi connectivity index (χ4n) is 3.34. The summed E-state index contributed by atoms with van der Waals surface area (Å²) in [6, 6.07) is 0. The van der Waals surface area contributed by atoms with E-state index in [1.54, 1.807) is 0 Å². The van der Waals surface area contributed by atoms with Crippen molar-refractivity contribution in [3.05, 3.63) is 16.0 Å². The lowest BCUT2D eigenvalue weighted by Crippen LogP contribution is -2.46. The lowest BCUT2D eigenvalue weighted by Gasteiger charge is -2.26. The summed E-state index contributed by atoms with van der Waals surface area (Å²) < 4.78 is 0. The quantitative estimate of drug-likeness (QED) is 0.759. The number of piperazine rings is 1. The highest BCUT2D eigenvalue weighted by Gasteiger charge is 2.27. The molecule has 2 heterocycles. The summed E-state index contributed by atoms with van der Waals surface area (Å²) in [5.41, 5.74) is 7.16. The van der Waals surface area contributed by atoms with Gasteiger partial charge in [0.2, 0.25) is 5.91 Å². The molecule has 2 amide bonds. The van der Waals surface area contributed by atoms with Crippen LogP contribution in [0.25, 0.3) is 0 Å². The van der Waals surface area contributed by atoms with Gasteiger partial charge in [-0.05, 0) is 30.7 Å². The Morgan fingerprint density at radius 2 is 2.13 bits per heavy atom. The largest absolute Gasteiger partial charge is 0.365 e. The maximum atomic E-state index is 12.3. The molecule has 1 atom stereocenters. The van der Waals surface area contributed by atoms with Gasteiger partial charge in [-0.15, -0.1) is 11.3 Å². The number of hydrogen-bond donors (Lipinski definition) is 3. The predicted molar refractivity (Wildman–Crippen MR) is 92.0 cm³/mol. The van der Waals surface area contributed by atoms with Crippen molar-refractivity contribution in [3.8, 4) is 0 Å². The number of primary amides is 1. The molecular weight excluding hydrogens is 312 g/mol. The first-order valence-corrected chi connectivity index (χ1v) is 9.03. The van der Waals surface area contributed by atoms with Crippen molar-refractivity contribution in [3.63, 3.8) is 0 Å². The van der Waals surface area contributed by atoms with Gasteiger partial charge in [0.25, 0.3) is 5.91 Å². The minimum absolute atomic E-state index is 0.0685. The van der Waals surface area contributed by atoms with Gasteiger partial charge in [-0.25, -0.2) is 0 Å². The van der Waals surface area contributed by atoms with Gasteiger partial charge in [0.1, 0.15) is 5.00 Å². The predicted octanol–water partition coefficient (Wildman–Crippen LogP) is 0.816. The number of carbonyl (C=O) groups is 2. The van der Waals surface area contributed by atoms with E-state index in [0.29, 0.717) is 23.0 Å². The molecule has 1 aromatic heterocycles. The van der Waals surface area contributed by atoms with Crippen LogP contribution < -0.4 is 16.4 Å². The van der Waals surface area contributed by atoms with Gasteiger partial charge in [0, 0.05) is 31.1 Å². The van der Waals surface area contributed by atoms with Crippen molar-refractivity contribution >= 4 is 28.2 Å². The third-order valence-corrected chi connectivity index (χ3v) is 5.76. The Morgan fingerprint density at radius 1 is 1.39 bits per heavy atom. The van der Waals surface area contributed by atoms with Crippen LogP contribution >= 0.6 is 11.3 Å². The first-order valence-electron chi connectivity index (χ1n) is 8.22. The van der Waals surface area contributed by atoms with E-state index >= 15 is 0 Å². The zero-order chi connectivity index (χ0) is 16.4. The molecule has 0 saturated carbocycles. The number of nitrogens with two attached hydrogens (primary N) is 1. The van der Waals surface area contributed by atoms with E-state index in [4.69, 9.17) is 5.73 Å². The van der Waals surface area contributed by atoms with Crippen LogP contribution in [0.15, 0.2) is 0 Å². The number of thiophene rings is 1. The van der Waals surface area contributed by atoms with Gasteiger partial charge in [-0.3, -0.25) is 14.5 Å². The number of fused-ring (bicyclic) bond motifs is 1. The molecule has 1 fully saturated rings. The fraction of sp³-hybridized carbons (Fsp3) is 0.625. The molecule has 0 unspecified atom stereocenters. The molecule has 126 valence electrons. The van der Waals surface area contributed by atoms with E-state index in [2.05, 4.69) is 22.5 Å². The summed E-state index contributed by atoms with van der Waals surface area (Å²) in [6.07, 6.45) is 2.91. The van der Waals surface area contributed by atoms with Crippen LogP contribution in [0.2, 0.25) is 0 Å². The Hall–Kier alpha value is -1.44. The third-order valence-electron chi connectivity index (χ3n) is 4.59. The molecule has 6 nitrogen and oxygen atoms in total. The molecule has 1 aliphatic carbocycles. The molecule has 7 heteroatoms. The van der Waals surface area contributed by atoms with Crippen LogP contribution in [0.4, 0.5) is 5.00 Å². The van der Waals surface area contributed by atoms with E-state index < -0.39 is 5.91 Å². The topological polar surface area (TPSA) is 87.5 Å². The first-order chi connectivity index (χ1) is 11.0. The minimum Gasteiger partial charge on any atom is -0.365 e. The number of anilines is 1. The van der Waals surface area contributed by atoms with Gasteiger partial charge in [0.05, 0.1) is 12.1 Å². The second-order valence-electron chi connectivity index (χ2n) is 6.49. The summed E-state index contributed by atoms with van der Waals surface area (Å²) in [7, 11) is 0. The molecule has 2 aliphatic rings. The molecule has 0 radical (unpaired) electrons. The second-order valence-corrected chi connectivity index (χ2v) is 7.60. The lowest BCUT2D eigenvalue weighted by atomic mass is 9.88. The van der Waals surface area contributed by atoms with Gasteiger partial charge < -0.3 is 16.4 Å². The molecule has 3 rings (SSSR count). The van der Waals surface area contributed by atoms with Crippen molar-refractivity contribution < 1.29 is 9.59 Å². The average Bonchev–Trinajstić information content (AvgIpc) is 2.84. The number of amides is 2. The van der Waals surface area contributed by atoms with Crippen LogP contribution in [0.1, 0.15) is 34.1 Å². The Labute approximate surface area is 140 Å². The SMILES string of the molecule is C[C@H]1CCc2c(sc(NC(=O)CN3CCNCC3)c2C(N)=O)C1. The molecule has 0 spiro atoms. The third kappa shape index (κ3) is 3.73. The number of nitrogens with one attached hydrogen (secondary N) is 2. The summed E-state index contributed by atoms with van der Waals surface area (Å²) in [5.74, 6) is 0.113. The van der Waals surface area contributed by atoms with Crippen LogP contribution in [0, 0.1) is 5.92 Å². The molecule has 1 aliphatic heterocycles. The van der Waals surface area contributed by atoms with E-state index in [9.17, 15) is 9.59 Å². The van der Waals surface area contributed by atoms with Crippen molar-refractivity contribution in [1.29, 1.82) is 0 Å². The molecule has 1 saturated heterocycles. The molecular formula is C16H24N4O2S. The Morgan fingerprint density at radius 3 is 2.83 bits per heavy atom. The summed E-state index contributed by atoms with van der Waals surface area (Å²) in [5, 5.41) is 6.83. The number of nitrogens with zero attached hydrogens (tertiary/aromatic N) is 1. The molecule has 0 aromatic carbocycles. The first kappa shape index (κ1) is 16.4. The minimum atomic E-state index is -0.436. The molecule has 23 heavy (non-hydrogen) atoms. The van der Waals surface area contributed by atoms with Gasteiger partial charge in [0.15, 0.2) is 0 Å². The highest BCUT2D eigenvalue weighted by Crippen LogP contribution is 2.39. The van der Waals surface area contributed by atoms with Crippen molar-refractivity contribution in [1.82, 2.24) is 10.2 Å². The second kappa shape index (κ2) is 6.98. The van der Waals surface area contributed by atoms with Crippen LogP contribution in [-0.4, -0.2) is 49.4 Å². The zero-order valence-corrected chi connectivity index (χ0v) is 14.3. The Balaban J connectivity index is 1.74. The maximum Gasteiger partial charge on any atom is 0.251 e. The standard InChI is InChI=1S/C16H24N4O2S/c1-10-2-3-11-12(8-10)23-16(14(11)15(17)22)19-13(21)9-20-6-4-18-5-7-20/h10,18H,2-9H2,1H3,(H2,17,22)(H,19,21)/t10-/m0/s1. The maximum absolute atomic E-state index is 12.3. The monoisotopic (exact) mass is 336 g/mol. The van der Waals surface area contributed by atoms with E-state index in [1.807, 2.05) is 0 Å². The van der Waals surface area contributed by atoms with Crippen LogP contribution in [0.5, 0.6) is 0 Å².